The van der Waals surface area contributed by atoms with Crippen molar-refractivity contribution in [3.8, 4) is 0 Å². The maximum absolute atomic E-state index is 13.1. The zero-order valence-corrected chi connectivity index (χ0v) is 16.8. The molecule has 144 valence electrons. The Hall–Kier alpha value is -2.43. The molecule has 1 aliphatic rings. The summed E-state index contributed by atoms with van der Waals surface area (Å²) in [5.41, 5.74) is 3.55. The van der Waals surface area contributed by atoms with Crippen LogP contribution in [0.4, 0.5) is 0 Å². The van der Waals surface area contributed by atoms with Crippen molar-refractivity contribution in [3.05, 3.63) is 102 Å². The highest BCUT2D eigenvalue weighted by Crippen LogP contribution is 2.38. The minimum Gasteiger partial charge on any atom is -0.207 e. The third-order valence-corrected chi connectivity index (χ3v) is 7.51. The Morgan fingerprint density at radius 3 is 1.89 bits per heavy atom. The first kappa shape index (κ1) is 18.9. The van der Waals surface area contributed by atoms with Gasteiger partial charge in [-0.25, -0.2) is 8.42 Å². The van der Waals surface area contributed by atoms with Crippen LogP contribution in [-0.4, -0.2) is 25.8 Å². The number of benzene rings is 3. The molecule has 0 aromatic heterocycles. The van der Waals surface area contributed by atoms with Crippen molar-refractivity contribution in [2.45, 2.75) is 24.2 Å². The van der Waals surface area contributed by atoms with Gasteiger partial charge in [-0.1, -0.05) is 78.4 Å². The molecule has 3 aromatic rings. The van der Waals surface area contributed by atoms with Crippen LogP contribution in [0.3, 0.4) is 0 Å². The SMILES string of the molecule is Cc1ccc(S(=O)(=O)N2CCC(C(c3ccccc3)c3ccccc3)C2)cc1. The van der Waals surface area contributed by atoms with Crippen molar-refractivity contribution in [1.29, 1.82) is 0 Å². The molecular formula is C24H25NO2S. The van der Waals surface area contributed by atoms with E-state index in [0.29, 0.717) is 18.0 Å². The maximum atomic E-state index is 13.1. The Balaban J connectivity index is 1.63. The quantitative estimate of drug-likeness (QED) is 0.624. The van der Waals surface area contributed by atoms with Crippen LogP contribution < -0.4 is 0 Å². The van der Waals surface area contributed by atoms with Crippen LogP contribution in [0.5, 0.6) is 0 Å². The molecule has 4 heteroatoms. The van der Waals surface area contributed by atoms with Crippen molar-refractivity contribution >= 4 is 10.0 Å². The lowest BCUT2D eigenvalue weighted by Crippen LogP contribution is -2.30. The predicted molar refractivity (Wildman–Crippen MR) is 113 cm³/mol. The second kappa shape index (κ2) is 7.90. The number of sulfonamides is 1. The number of hydrogen-bond donors (Lipinski definition) is 0. The van der Waals surface area contributed by atoms with Gasteiger partial charge < -0.3 is 0 Å². The monoisotopic (exact) mass is 391 g/mol. The van der Waals surface area contributed by atoms with Crippen LogP contribution in [0.1, 0.15) is 29.0 Å². The molecule has 0 amide bonds. The Labute approximate surface area is 167 Å². The standard InChI is InChI=1S/C24H25NO2S/c1-19-12-14-23(15-13-19)28(26,27)25-17-16-22(18-25)24(20-8-4-2-5-9-20)21-10-6-3-7-11-21/h2-15,22,24H,16-18H2,1H3. The first-order valence-electron chi connectivity index (χ1n) is 9.72. The van der Waals surface area contributed by atoms with Gasteiger partial charge >= 0.3 is 0 Å². The lowest BCUT2D eigenvalue weighted by Gasteiger charge is -2.25. The van der Waals surface area contributed by atoms with Crippen molar-refractivity contribution in [1.82, 2.24) is 4.31 Å². The van der Waals surface area contributed by atoms with Crippen LogP contribution in [-0.2, 0) is 10.0 Å². The molecule has 1 atom stereocenters. The molecule has 1 unspecified atom stereocenters. The second-order valence-electron chi connectivity index (χ2n) is 7.52. The van der Waals surface area contributed by atoms with Gasteiger partial charge in [0.1, 0.15) is 0 Å². The normalized spacial score (nSPS) is 17.9. The molecule has 0 bridgehead atoms. The fraction of sp³-hybridized carbons (Fsp3) is 0.250. The summed E-state index contributed by atoms with van der Waals surface area (Å²) >= 11 is 0. The molecule has 1 aliphatic heterocycles. The predicted octanol–water partition coefficient (Wildman–Crippen LogP) is 4.84. The van der Waals surface area contributed by atoms with Crippen LogP contribution in [0, 0.1) is 12.8 Å². The van der Waals surface area contributed by atoms with E-state index in [1.54, 1.807) is 16.4 Å². The van der Waals surface area contributed by atoms with Crippen LogP contribution in [0.25, 0.3) is 0 Å². The lowest BCUT2D eigenvalue weighted by molar-refractivity contribution is 0.439. The fourth-order valence-corrected chi connectivity index (χ4v) is 5.67. The maximum Gasteiger partial charge on any atom is 0.243 e. The molecule has 3 aromatic carbocycles. The largest absolute Gasteiger partial charge is 0.243 e. The van der Waals surface area contributed by atoms with Gasteiger partial charge in [0.25, 0.3) is 0 Å². The molecule has 1 saturated heterocycles. The van der Waals surface area contributed by atoms with Gasteiger partial charge in [-0.2, -0.15) is 4.31 Å². The number of hydrogen-bond acceptors (Lipinski definition) is 2. The van der Waals surface area contributed by atoms with Crippen molar-refractivity contribution < 1.29 is 8.42 Å². The molecule has 4 rings (SSSR count). The first-order valence-corrected chi connectivity index (χ1v) is 11.2. The third kappa shape index (κ3) is 3.75. The average molecular weight is 392 g/mol. The van der Waals surface area contributed by atoms with Crippen molar-refractivity contribution in [3.63, 3.8) is 0 Å². The Bertz CT molecular complexity index is 976. The van der Waals surface area contributed by atoms with Gasteiger partial charge in [0, 0.05) is 19.0 Å². The Morgan fingerprint density at radius 2 is 1.36 bits per heavy atom. The van der Waals surface area contributed by atoms with Gasteiger partial charge in [0.15, 0.2) is 0 Å². The van der Waals surface area contributed by atoms with Gasteiger partial charge in [-0.15, -0.1) is 0 Å². The zero-order chi connectivity index (χ0) is 19.6. The molecule has 0 radical (unpaired) electrons. The minimum atomic E-state index is -3.45. The summed E-state index contributed by atoms with van der Waals surface area (Å²) < 4.78 is 27.9. The van der Waals surface area contributed by atoms with E-state index < -0.39 is 10.0 Å². The number of nitrogens with zero attached hydrogens (tertiary/aromatic N) is 1. The fourth-order valence-electron chi connectivity index (χ4n) is 4.16. The van der Waals surface area contributed by atoms with Crippen molar-refractivity contribution in [2.75, 3.05) is 13.1 Å². The van der Waals surface area contributed by atoms with Crippen LogP contribution in [0.2, 0.25) is 0 Å². The smallest absolute Gasteiger partial charge is 0.207 e. The van der Waals surface area contributed by atoms with E-state index in [0.717, 1.165) is 12.0 Å². The molecule has 1 heterocycles. The van der Waals surface area contributed by atoms with E-state index in [1.165, 1.54) is 11.1 Å². The summed E-state index contributed by atoms with van der Waals surface area (Å²) in [7, 11) is -3.45. The van der Waals surface area contributed by atoms with Gasteiger partial charge in [0.05, 0.1) is 4.90 Å². The number of aryl methyl sites for hydroxylation is 1. The lowest BCUT2D eigenvalue weighted by atomic mass is 9.80. The summed E-state index contributed by atoms with van der Waals surface area (Å²) in [6, 6.07) is 28.0. The average Bonchev–Trinajstić information content (AvgIpc) is 3.21. The van der Waals surface area contributed by atoms with E-state index in [-0.39, 0.29) is 11.8 Å². The molecular weight excluding hydrogens is 366 g/mol. The summed E-state index contributed by atoms with van der Waals surface area (Å²) in [5.74, 6) is 0.450. The van der Waals surface area contributed by atoms with E-state index in [4.69, 9.17) is 0 Å². The van der Waals surface area contributed by atoms with Crippen molar-refractivity contribution in [2.24, 2.45) is 5.92 Å². The van der Waals surface area contributed by atoms with Crippen LogP contribution in [0.15, 0.2) is 89.8 Å². The van der Waals surface area contributed by atoms with Gasteiger partial charge in [-0.3, -0.25) is 0 Å². The van der Waals surface area contributed by atoms with E-state index in [9.17, 15) is 8.42 Å². The molecule has 1 fully saturated rings. The number of rotatable bonds is 5. The van der Waals surface area contributed by atoms with Crippen LogP contribution >= 0.6 is 0 Å². The van der Waals surface area contributed by atoms with E-state index >= 15 is 0 Å². The Kier molecular flexibility index (Phi) is 5.33. The van der Waals surface area contributed by atoms with Gasteiger partial charge in [-0.05, 0) is 42.5 Å². The highest BCUT2D eigenvalue weighted by atomic mass is 32.2. The highest BCUT2D eigenvalue weighted by Gasteiger charge is 2.37. The molecule has 0 spiro atoms. The third-order valence-electron chi connectivity index (χ3n) is 5.63. The zero-order valence-electron chi connectivity index (χ0n) is 16.0. The topological polar surface area (TPSA) is 37.4 Å². The second-order valence-corrected chi connectivity index (χ2v) is 9.46. The minimum absolute atomic E-state index is 0.195. The summed E-state index contributed by atoms with van der Waals surface area (Å²) in [6.45, 7) is 3.08. The van der Waals surface area contributed by atoms with E-state index in [2.05, 4.69) is 48.5 Å². The van der Waals surface area contributed by atoms with E-state index in [1.807, 2.05) is 31.2 Å². The summed E-state index contributed by atoms with van der Waals surface area (Å²) in [4.78, 5) is 0.384. The highest BCUT2D eigenvalue weighted by molar-refractivity contribution is 7.89. The molecule has 0 aliphatic carbocycles. The summed E-state index contributed by atoms with van der Waals surface area (Å²) in [5, 5.41) is 0. The molecule has 0 saturated carbocycles. The first-order chi connectivity index (χ1) is 13.6. The molecule has 0 N–H and O–H groups in total. The molecule has 3 nitrogen and oxygen atoms in total. The van der Waals surface area contributed by atoms with Gasteiger partial charge in [0.2, 0.25) is 10.0 Å². The summed E-state index contributed by atoms with van der Waals surface area (Å²) in [6.07, 6.45) is 0.861. The Morgan fingerprint density at radius 1 is 0.821 bits per heavy atom. The molecule has 28 heavy (non-hydrogen) atoms.